The lowest BCUT2D eigenvalue weighted by Gasteiger charge is -2.30. The van der Waals surface area contributed by atoms with Crippen molar-refractivity contribution in [1.82, 2.24) is 0 Å². The van der Waals surface area contributed by atoms with E-state index >= 15 is 0 Å². The molecule has 28 heavy (non-hydrogen) atoms. The third kappa shape index (κ3) is 4.30. The van der Waals surface area contributed by atoms with Crippen molar-refractivity contribution in [2.75, 3.05) is 16.2 Å². The average Bonchev–Trinajstić information content (AvgIpc) is 2.59. The van der Waals surface area contributed by atoms with Crippen molar-refractivity contribution in [2.45, 2.75) is 31.9 Å². The van der Waals surface area contributed by atoms with Crippen LogP contribution in [0.3, 0.4) is 0 Å². The zero-order valence-corrected chi connectivity index (χ0v) is 16.0. The summed E-state index contributed by atoms with van der Waals surface area (Å²) in [4.78, 5) is 13.4. The topological polar surface area (TPSA) is 66.5 Å². The molecule has 3 rings (SSSR count). The average molecular weight is 412 g/mol. The van der Waals surface area contributed by atoms with Crippen LogP contribution in [-0.2, 0) is 27.0 Å². The van der Waals surface area contributed by atoms with Crippen LogP contribution in [0.1, 0.15) is 30.9 Å². The molecule has 2 aromatic rings. The molecule has 9 heteroatoms. The van der Waals surface area contributed by atoms with Gasteiger partial charge >= 0.3 is 0 Å². The van der Waals surface area contributed by atoms with E-state index in [1.54, 1.807) is 0 Å². The highest BCUT2D eigenvalue weighted by Crippen LogP contribution is 2.34. The number of nitrogens with one attached hydrogen (secondary N) is 1. The maximum atomic E-state index is 14.7. The molecule has 0 saturated carbocycles. The summed E-state index contributed by atoms with van der Waals surface area (Å²) in [5.74, 6) is -3.39. The van der Waals surface area contributed by atoms with Crippen molar-refractivity contribution in [3.63, 3.8) is 0 Å². The molecule has 0 aromatic heterocycles. The molecule has 0 unspecified atom stereocenters. The smallest absolute Gasteiger partial charge is 0.237 e. The number of rotatable bonds is 6. The van der Waals surface area contributed by atoms with Crippen LogP contribution in [0.2, 0.25) is 0 Å². The largest absolute Gasteiger partial charge is 0.309 e. The van der Waals surface area contributed by atoms with Crippen LogP contribution in [-0.4, -0.2) is 20.9 Å². The number of amides is 1. The highest BCUT2D eigenvalue weighted by Gasteiger charge is 2.28. The number of carbonyl (C=O) groups is 1. The van der Waals surface area contributed by atoms with Crippen molar-refractivity contribution in [1.29, 1.82) is 0 Å². The lowest BCUT2D eigenvalue weighted by atomic mass is 10.00. The summed E-state index contributed by atoms with van der Waals surface area (Å²) in [7, 11) is -4.06. The number of aryl methyl sites for hydroxylation is 1. The van der Waals surface area contributed by atoms with Crippen LogP contribution in [0.5, 0.6) is 0 Å². The van der Waals surface area contributed by atoms with Gasteiger partial charge < -0.3 is 4.90 Å². The minimum atomic E-state index is -4.06. The molecule has 0 bridgehead atoms. The van der Waals surface area contributed by atoms with E-state index in [-0.39, 0.29) is 29.3 Å². The van der Waals surface area contributed by atoms with Crippen LogP contribution in [0.25, 0.3) is 0 Å². The van der Waals surface area contributed by atoms with E-state index in [0.29, 0.717) is 31.0 Å². The first-order valence-corrected chi connectivity index (χ1v) is 10.4. The van der Waals surface area contributed by atoms with E-state index in [1.165, 1.54) is 11.0 Å². The summed E-state index contributed by atoms with van der Waals surface area (Å²) in [5, 5.41) is 0. The standard InChI is InChI=1S/C19H19F3N2O3S/c1-2-7-24-18(25)6-4-12-8-15(10-17(22)19(12)24)23-28(26,27)11-13-3-5-14(20)9-16(13)21/h3,5,8-10,23H,2,4,6-7,11H2,1H3. The van der Waals surface area contributed by atoms with Crippen molar-refractivity contribution < 1.29 is 26.4 Å². The first-order chi connectivity index (χ1) is 13.2. The highest BCUT2D eigenvalue weighted by atomic mass is 32.2. The van der Waals surface area contributed by atoms with Crippen molar-refractivity contribution in [3.05, 3.63) is 58.9 Å². The summed E-state index contributed by atoms with van der Waals surface area (Å²) in [5.41, 5.74) is 0.487. The van der Waals surface area contributed by atoms with Crippen LogP contribution in [0.15, 0.2) is 30.3 Å². The minimum absolute atomic E-state index is 0.00966. The SMILES string of the molecule is CCCN1C(=O)CCc2cc(NS(=O)(=O)Cc3ccc(F)cc3F)cc(F)c21. The molecule has 0 atom stereocenters. The molecule has 5 nitrogen and oxygen atoms in total. The number of carbonyl (C=O) groups excluding carboxylic acids is 1. The number of anilines is 2. The number of hydrogen-bond donors (Lipinski definition) is 1. The van der Waals surface area contributed by atoms with Gasteiger partial charge in [-0.25, -0.2) is 21.6 Å². The van der Waals surface area contributed by atoms with E-state index in [1.807, 2.05) is 6.92 Å². The third-order valence-corrected chi connectivity index (χ3v) is 5.64. The van der Waals surface area contributed by atoms with Crippen molar-refractivity contribution >= 4 is 27.3 Å². The molecule has 1 N–H and O–H groups in total. The number of hydrogen-bond acceptors (Lipinski definition) is 3. The van der Waals surface area contributed by atoms with Crippen LogP contribution < -0.4 is 9.62 Å². The number of nitrogens with zero attached hydrogens (tertiary/aromatic N) is 1. The van der Waals surface area contributed by atoms with Gasteiger partial charge in [-0.3, -0.25) is 9.52 Å². The summed E-state index contributed by atoms with van der Waals surface area (Å²) in [6, 6.07) is 5.09. The molecule has 0 aliphatic carbocycles. The molecular formula is C19H19F3N2O3S. The van der Waals surface area contributed by atoms with Gasteiger partial charge in [0.15, 0.2) is 0 Å². The zero-order valence-electron chi connectivity index (χ0n) is 15.1. The van der Waals surface area contributed by atoms with Gasteiger partial charge in [-0.15, -0.1) is 0 Å². The highest BCUT2D eigenvalue weighted by molar-refractivity contribution is 7.91. The molecule has 1 amide bonds. The minimum Gasteiger partial charge on any atom is -0.309 e. The maximum absolute atomic E-state index is 14.7. The van der Waals surface area contributed by atoms with Gasteiger partial charge in [0.2, 0.25) is 15.9 Å². The van der Waals surface area contributed by atoms with E-state index in [2.05, 4.69) is 4.72 Å². The first kappa shape index (κ1) is 20.2. The zero-order chi connectivity index (χ0) is 20.5. The quantitative estimate of drug-likeness (QED) is 0.786. The second-order valence-corrected chi connectivity index (χ2v) is 8.33. The van der Waals surface area contributed by atoms with Crippen molar-refractivity contribution in [3.8, 4) is 0 Å². The number of sulfonamides is 1. The van der Waals surface area contributed by atoms with E-state index in [9.17, 15) is 26.4 Å². The molecule has 1 heterocycles. The number of fused-ring (bicyclic) bond motifs is 1. The van der Waals surface area contributed by atoms with Crippen molar-refractivity contribution in [2.24, 2.45) is 0 Å². The molecule has 0 fully saturated rings. The lowest BCUT2D eigenvalue weighted by Crippen LogP contribution is -2.36. The van der Waals surface area contributed by atoms with Gasteiger partial charge in [-0.2, -0.15) is 0 Å². The molecule has 1 aliphatic rings. The van der Waals surface area contributed by atoms with Crippen LogP contribution >= 0.6 is 0 Å². The summed E-state index contributed by atoms with van der Waals surface area (Å²) in [6.45, 7) is 2.24. The van der Waals surface area contributed by atoms with Gasteiger partial charge in [0.25, 0.3) is 0 Å². The fraction of sp³-hybridized carbons (Fsp3) is 0.316. The maximum Gasteiger partial charge on any atom is 0.237 e. The summed E-state index contributed by atoms with van der Waals surface area (Å²) >= 11 is 0. The Morgan fingerprint density at radius 1 is 1.07 bits per heavy atom. The van der Waals surface area contributed by atoms with Gasteiger partial charge in [-0.1, -0.05) is 13.0 Å². The first-order valence-electron chi connectivity index (χ1n) is 8.77. The Morgan fingerprint density at radius 2 is 1.82 bits per heavy atom. The Labute approximate surface area is 161 Å². The molecule has 0 spiro atoms. The Balaban J connectivity index is 1.86. The van der Waals surface area contributed by atoms with Crippen LogP contribution in [0.4, 0.5) is 24.5 Å². The normalized spacial score (nSPS) is 14.1. The summed E-state index contributed by atoms with van der Waals surface area (Å²) < 4.78 is 68.3. The Kier molecular flexibility index (Phi) is 5.64. The molecule has 1 aliphatic heterocycles. The second-order valence-electron chi connectivity index (χ2n) is 6.61. The fourth-order valence-electron chi connectivity index (χ4n) is 3.23. The molecular weight excluding hydrogens is 393 g/mol. The third-order valence-electron chi connectivity index (χ3n) is 4.40. The van der Waals surface area contributed by atoms with Gasteiger partial charge in [0.1, 0.15) is 17.5 Å². The van der Waals surface area contributed by atoms with E-state index in [0.717, 1.165) is 18.2 Å². The second kappa shape index (κ2) is 7.83. The Bertz CT molecular complexity index is 1030. The van der Waals surface area contributed by atoms with Gasteiger partial charge in [0.05, 0.1) is 17.1 Å². The Morgan fingerprint density at radius 3 is 2.50 bits per heavy atom. The molecule has 0 radical (unpaired) electrons. The van der Waals surface area contributed by atoms with E-state index in [4.69, 9.17) is 0 Å². The predicted octanol–water partition coefficient (Wildman–Crippen LogP) is 3.74. The molecule has 0 saturated heterocycles. The van der Waals surface area contributed by atoms with Gasteiger partial charge in [0, 0.05) is 30.7 Å². The fourth-order valence-corrected chi connectivity index (χ4v) is 4.42. The predicted molar refractivity (Wildman–Crippen MR) is 100.0 cm³/mol. The molecule has 150 valence electrons. The monoisotopic (exact) mass is 412 g/mol. The van der Waals surface area contributed by atoms with Crippen LogP contribution in [0, 0.1) is 17.5 Å². The summed E-state index contributed by atoms with van der Waals surface area (Å²) in [6.07, 6.45) is 1.17. The van der Waals surface area contributed by atoms with Gasteiger partial charge in [-0.05, 0) is 30.5 Å². The lowest BCUT2D eigenvalue weighted by molar-refractivity contribution is -0.118. The Hall–Kier alpha value is -2.55. The number of benzene rings is 2. The van der Waals surface area contributed by atoms with E-state index < -0.39 is 33.2 Å². The number of halogens is 3. The molecule has 2 aromatic carbocycles.